The van der Waals surface area contributed by atoms with E-state index in [0.717, 1.165) is 17.7 Å². The van der Waals surface area contributed by atoms with E-state index in [2.05, 4.69) is 23.6 Å². The van der Waals surface area contributed by atoms with Crippen LogP contribution in [0.15, 0.2) is 41.8 Å². The second kappa shape index (κ2) is 5.33. The summed E-state index contributed by atoms with van der Waals surface area (Å²) in [6.45, 7) is 0. The van der Waals surface area contributed by atoms with Gasteiger partial charge in [-0.2, -0.15) is 0 Å². The topological polar surface area (TPSA) is 35.2 Å². The lowest BCUT2D eigenvalue weighted by Crippen LogP contribution is -2.12. The molecule has 1 atom stereocenters. The van der Waals surface area contributed by atoms with Gasteiger partial charge in [0.2, 0.25) is 0 Å². The molecule has 0 fully saturated rings. The summed E-state index contributed by atoms with van der Waals surface area (Å²) >= 11 is 3.56. The van der Waals surface area contributed by atoms with Crippen LogP contribution in [0.25, 0.3) is 9.40 Å². The summed E-state index contributed by atoms with van der Waals surface area (Å²) in [6, 6.07) is 12.5. The average Bonchev–Trinajstić information content (AvgIpc) is 3.00. The van der Waals surface area contributed by atoms with E-state index in [-0.39, 0.29) is 6.04 Å². The average molecular weight is 289 g/mol. The van der Waals surface area contributed by atoms with Crippen LogP contribution in [0.1, 0.15) is 16.5 Å². The highest BCUT2D eigenvalue weighted by Crippen LogP contribution is 2.34. The Morgan fingerprint density at radius 3 is 2.84 bits per heavy atom. The van der Waals surface area contributed by atoms with Crippen LogP contribution in [0, 0.1) is 0 Å². The van der Waals surface area contributed by atoms with E-state index < -0.39 is 0 Å². The first-order valence-electron chi connectivity index (χ1n) is 6.12. The molecule has 0 spiro atoms. The number of benzene rings is 1. The zero-order valence-electron chi connectivity index (χ0n) is 10.6. The largest absolute Gasteiger partial charge is 0.496 e. The summed E-state index contributed by atoms with van der Waals surface area (Å²) in [5.74, 6) is 0.913. The molecular weight excluding hydrogens is 274 g/mol. The van der Waals surface area contributed by atoms with E-state index in [1.165, 1.54) is 14.3 Å². The maximum Gasteiger partial charge on any atom is 0.122 e. The van der Waals surface area contributed by atoms with Crippen LogP contribution in [-0.2, 0) is 6.42 Å². The van der Waals surface area contributed by atoms with Gasteiger partial charge in [0.15, 0.2) is 0 Å². The van der Waals surface area contributed by atoms with Gasteiger partial charge in [0.25, 0.3) is 0 Å². The van der Waals surface area contributed by atoms with Crippen molar-refractivity contribution in [3.8, 4) is 5.75 Å². The van der Waals surface area contributed by atoms with Crippen molar-refractivity contribution in [2.75, 3.05) is 7.11 Å². The molecule has 4 heteroatoms. The van der Waals surface area contributed by atoms with Gasteiger partial charge < -0.3 is 10.5 Å². The first-order chi connectivity index (χ1) is 9.28. The fourth-order valence-corrected chi connectivity index (χ4v) is 4.30. The number of ether oxygens (including phenoxy) is 1. The zero-order chi connectivity index (χ0) is 13.2. The molecule has 0 aliphatic rings. The Kier molecular flexibility index (Phi) is 3.55. The van der Waals surface area contributed by atoms with Crippen LogP contribution in [0.3, 0.4) is 0 Å². The van der Waals surface area contributed by atoms with Gasteiger partial charge in [0.05, 0.1) is 7.11 Å². The van der Waals surface area contributed by atoms with Crippen molar-refractivity contribution in [2.24, 2.45) is 5.73 Å². The minimum Gasteiger partial charge on any atom is -0.496 e. The Morgan fingerprint density at radius 2 is 2.05 bits per heavy atom. The monoisotopic (exact) mass is 289 g/mol. The summed E-state index contributed by atoms with van der Waals surface area (Å²) in [5.41, 5.74) is 7.49. The van der Waals surface area contributed by atoms with Gasteiger partial charge in [-0.05, 0) is 35.6 Å². The molecule has 0 amide bonds. The second-order valence-electron chi connectivity index (χ2n) is 4.42. The molecular formula is C15H15NOS2. The van der Waals surface area contributed by atoms with Crippen molar-refractivity contribution in [3.63, 3.8) is 0 Å². The van der Waals surface area contributed by atoms with Crippen LogP contribution in [0.2, 0.25) is 0 Å². The maximum absolute atomic E-state index is 6.33. The summed E-state index contributed by atoms with van der Waals surface area (Å²) in [5, 5.41) is 2.12. The van der Waals surface area contributed by atoms with Crippen molar-refractivity contribution >= 4 is 32.1 Å². The van der Waals surface area contributed by atoms with E-state index in [4.69, 9.17) is 10.5 Å². The Balaban J connectivity index is 1.84. The fourth-order valence-electron chi connectivity index (χ4n) is 2.18. The van der Waals surface area contributed by atoms with Crippen LogP contribution < -0.4 is 10.5 Å². The van der Waals surface area contributed by atoms with E-state index >= 15 is 0 Å². The predicted molar refractivity (Wildman–Crippen MR) is 83.3 cm³/mol. The number of fused-ring (bicyclic) bond motifs is 1. The lowest BCUT2D eigenvalue weighted by Gasteiger charge is -2.12. The second-order valence-corrected chi connectivity index (χ2v) is 6.48. The van der Waals surface area contributed by atoms with Gasteiger partial charge in [-0.25, -0.2) is 0 Å². The van der Waals surface area contributed by atoms with Gasteiger partial charge in [-0.3, -0.25) is 0 Å². The molecule has 1 unspecified atom stereocenters. The molecule has 0 saturated heterocycles. The number of para-hydroxylation sites is 1. The smallest absolute Gasteiger partial charge is 0.122 e. The fraction of sp³-hybridized carbons (Fsp3) is 0.200. The minimum absolute atomic E-state index is 0.0286. The van der Waals surface area contributed by atoms with E-state index in [1.807, 2.05) is 18.2 Å². The number of hydrogen-bond donors (Lipinski definition) is 1. The molecule has 2 N–H and O–H groups in total. The van der Waals surface area contributed by atoms with Crippen molar-refractivity contribution in [1.29, 1.82) is 0 Å². The number of nitrogens with two attached hydrogens (primary N) is 1. The maximum atomic E-state index is 6.33. The molecule has 0 bridgehead atoms. The van der Waals surface area contributed by atoms with Crippen molar-refractivity contribution in [1.82, 2.24) is 0 Å². The highest BCUT2D eigenvalue weighted by molar-refractivity contribution is 7.26. The SMILES string of the molecule is COc1ccccc1CC(N)c1cc2sccc2s1. The standard InChI is InChI=1S/C15H15NOS2/c1-17-12-5-3-2-4-10(12)8-11(16)14-9-15-13(19-14)6-7-18-15/h2-7,9,11H,8,16H2,1H3. The van der Waals surface area contributed by atoms with Gasteiger partial charge in [-0.1, -0.05) is 18.2 Å². The third-order valence-corrected chi connectivity index (χ3v) is 5.38. The molecule has 3 aromatic rings. The highest BCUT2D eigenvalue weighted by Gasteiger charge is 2.13. The number of methoxy groups -OCH3 is 1. The van der Waals surface area contributed by atoms with Crippen molar-refractivity contribution < 1.29 is 4.74 Å². The third kappa shape index (κ3) is 2.52. The minimum atomic E-state index is 0.0286. The predicted octanol–water partition coefficient (Wildman–Crippen LogP) is 4.21. The van der Waals surface area contributed by atoms with Crippen LogP contribution in [-0.4, -0.2) is 7.11 Å². The van der Waals surface area contributed by atoms with E-state index in [1.54, 1.807) is 29.8 Å². The molecule has 1 aromatic carbocycles. The molecule has 0 radical (unpaired) electrons. The van der Waals surface area contributed by atoms with E-state index in [0.29, 0.717) is 0 Å². The van der Waals surface area contributed by atoms with Crippen molar-refractivity contribution in [3.05, 3.63) is 52.2 Å². The van der Waals surface area contributed by atoms with Gasteiger partial charge in [0.1, 0.15) is 5.75 Å². The van der Waals surface area contributed by atoms with Crippen LogP contribution in [0.4, 0.5) is 0 Å². The first-order valence-corrected chi connectivity index (χ1v) is 7.82. The molecule has 0 aliphatic heterocycles. The molecule has 0 saturated carbocycles. The van der Waals surface area contributed by atoms with E-state index in [9.17, 15) is 0 Å². The quantitative estimate of drug-likeness (QED) is 0.780. The Bertz CT molecular complexity index is 658. The third-order valence-electron chi connectivity index (χ3n) is 3.16. The Labute approximate surface area is 120 Å². The highest BCUT2D eigenvalue weighted by atomic mass is 32.1. The lowest BCUT2D eigenvalue weighted by atomic mass is 10.0. The molecule has 0 aliphatic carbocycles. The molecule has 3 rings (SSSR count). The Morgan fingerprint density at radius 1 is 1.21 bits per heavy atom. The summed E-state index contributed by atoms with van der Waals surface area (Å²) in [4.78, 5) is 1.24. The molecule has 2 heterocycles. The summed E-state index contributed by atoms with van der Waals surface area (Å²) in [7, 11) is 1.70. The van der Waals surface area contributed by atoms with Crippen molar-refractivity contribution in [2.45, 2.75) is 12.5 Å². The Hall–Kier alpha value is -1.36. The van der Waals surface area contributed by atoms with Crippen LogP contribution >= 0.6 is 22.7 Å². The van der Waals surface area contributed by atoms with Gasteiger partial charge >= 0.3 is 0 Å². The number of hydrogen-bond acceptors (Lipinski definition) is 4. The molecule has 2 nitrogen and oxygen atoms in total. The first kappa shape index (κ1) is 12.7. The molecule has 19 heavy (non-hydrogen) atoms. The molecule has 2 aromatic heterocycles. The lowest BCUT2D eigenvalue weighted by molar-refractivity contribution is 0.408. The normalized spacial score (nSPS) is 12.7. The van der Waals surface area contributed by atoms with Gasteiger partial charge in [0, 0.05) is 20.3 Å². The number of rotatable bonds is 4. The summed E-state index contributed by atoms with van der Waals surface area (Å²) < 4.78 is 8.03. The number of thiophene rings is 2. The molecule has 98 valence electrons. The van der Waals surface area contributed by atoms with Gasteiger partial charge in [-0.15, -0.1) is 22.7 Å². The summed E-state index contributed by atoms with van der Waals surface area (Å²) in [6.07, 6.45) is 0.803. The van der Waals surface area contributed by atoms with Crippen LogP contribution in [0.5, 0.6) is 5.75 Å². The zero-order valence-corrected chi connectivity index (χ0v) is 12.3.